The average Bonchev–Trinajstić information content (AvgIpc) is 3.20. The Kier molecular flexibility index (Phi) is 7.81. The Morgan fingerprint density at radius 1 is 1.00 bits per heavy atom. The zero-order valence-corrected chi connectivity index (χ0v) is 19.4. The number of rotatable bonds is 8. The van der Waals surface area contributed by atoms with E-state index in [4.69, 9.17) is 19.9 Å². The number of anilines is 1. The summed E-state index contributed by atoms with van der Waals surface area (Å²) in [4.78, 5) is 41.8. The number of nitrogens with two attached hydrogens (primary N) is 1. The summed E-state index contributed by atoms with van der Waals surface area (Å²) in [7, 11) is 4.85. The van der Waals surface area contributed by atoms with Crippen LogP contribution in [0.2, 0.25) is 0 Å². The van der Waals surface area contributed by atoms with E-state index in [0.29, 0.717) is 11.1 Å². The maximum atomic E-state index is 12.9. The van der Waals surface area contributed by atoms with Crippen molar-refractivity contribution < 1.29 is 23.7 Å². The molecule has 1 aliphatic heterocycles. The topological polar surface area (TPSA) is 123 Å². The number of carbonyl (C=O) groups is 2. The monoisotopic (exact) mass is 489 g/mol. The number of ether oxygens (including phenoxy) is 2. The van der Waals surface area contributed by atoms with E-state index in [2.05, 4.69) is 12.4 Å². The fraction of sp³-hybridized carbons (Fsp3) is 0.217. The SMILES string of the molecule is B=BO[C@H]1[C@@H](OC(=O)c2ccccc2)[C@H](n2ccc(N)nc2=O)S[C@@H]1COC(=O)c1ccccc1. The van der Waals surface area contributed by atoms with Gasteiger partial charge in [0.05, 0.1) is 0 Å². The van der Waals surface area contributed by atoms with E-state index >= 15 is 0 Å². The van der Waals surface area contributed by atoms with Gasteiger partial charge in [0, 0.05) is 0 Å². The van der Waals surface area contributed by atoms with Crippen LogP contribution in [0.15, 0.2) is 77.7 Å². The van der Waals surface area contributed by atoms with E-state index in [1.165, 1.54) is 35.6 Å². The Balaban J connectivity index is 1.62. The number of hydrogen-bond acceptors (Lipinski definition) is 9. The van der Waals surface area contributed by atoms with Crippen molar-refractivity contribution in [2.24, 2.45) is 0 Å². The first-order valence-electron chi connectivity index (χ1n) is 10.7. The summed E-state index contributed by atoms with van der Waals surface area (Å²) in [5.41, 5.74) is 5.78. The van der Waals surface area contributed by atoms with Gasteiger partial charge in [-0.2, -0.15) is 0 Å². The van der Waals surface area contributed by atoms with Crippen molar-refractivity contribution in [3.63, 3.8) is 0 Å². The molecule has 0 aliphatic carbocycles. The normalized spacial score (nSPS) is 21.0. The van der Waals surface area contributed by atoms with Gasteiger partial charge in [0.25, 0.3) is 0 Å². The van der Waals surface area contributed by atoms with Crippen LogP contribution < -0.4 is 11.4 Å². The Hall–Kier alpha value is -3.66. The molecule has 3 aromatic rings. The van der Waals surface area contributed by atoms with Gasteiger partial charge in [-0.1, -0.05) is 0 Å². The van der Waals surface area contributed by atoms with Crippen LogP contribution in [-0.4, -0.2) is 59.9 Å². The van der Waals surface area contributed by atoms with Gasteiger partial charge >= 0.3 is 207 Å². The Morgan fingerprint density at radius 3 is 2.23 bits per heavy atom. The summed E-state index contributed by atoms with van der Waals surface area (Å²) in [5.74, 6) is -1.02. The first-order valence-corrected chi connectivity index (χ1v) is 11.7. The Bertz CT molecular complexity index is 1260. The fourth-order valence-electron chi connectivity index (χ4n) is 3.67. The number of esters is 2. The van der Waals surface area contributed by atoms with Crippen LogP contribution in [0.25, 0.3) is 0 Å². The number of nitrogen functional groups attached to an aromatic ring is 1. The summed E-state index contributed by atoms with van der Waals surface area (Å²) in [6.45, 7) is -0.0516. The Morgan fingerprint density at radius 2 is 1.63 bits per heavy atom. The van der Waals surface area contributed by atoms with Gasteiger partial charge in [-0.25, -0.2) is 0 Å². The molecule has 2 N–H and O–H groups in total. The van der Waals surface area contributed by atoms with Crippen molar-refractivity contribution in [3.8, 4) is 0 Å². The van der Waals surface area contributed by atoms with Gasteiger partial charge in [-0.3, -0.25) is 0 Å². The molecule has 12 heteroatoms. The maximum absolute atomic E-state index is 12.9. The van der Waals surface area contributed by atoms with Crippen LogP contribution >= 0.6 is 11.8 Å². The number of thioether (sulfide) groups is 1. The van der Waals surface area contributed by atoms with Crippen LogP contribution in [0.3, 0.4) is 0 Å². The quantitative estimate of drug-likeness (QED) is 0.369. The second-order valence-corrected chi connectivity index (χ2v) is 8.94. The first-order chi connectivity index (χ1) is 17.0. The molecule has 4 atom stereocenters. The fourth-order valence-corrected chi connectivity index (χ4v) is 5.20. The molecule has 176 valence electrons. The molecule has 2 aromatic carbocycles. The van der Waals surface area contributed by atoms with Gasteiger partial charge in [-0.05, 0) is 0 Å². The van der Waals surface area contributed by atoms with Crippen LogP contribution in [0, 0.1) is 0 Å². The van der Waals surface area contributed by atoms with E-state index < -0.39 is 40.5 Å². The number of benzene rings is 2. The average molecular weight is 489 g/mol. The minimum atomic E-state index is -0.922. The third-order valence-electron chi connectivity index (χ3n) is 5.31. The van der Waals surface area contributed by atoms with Crippen LogP contribution in [0.4, 0.5) is 5.82 Å². The van der Waals surface area contributed by atoms with E-state index in [-0.39, 0.29) is 12.4 Å². The standard InChI is InChI=1S/C23H21B2N3O6S/c24-25-34-18-16(13-32-21(29)14-7-3-1-4-8-14)35-20(28-12-11-17(26)27-23(28)31)19(18)33-22(30)15-9-5-2-6-10-15/h1-12,16,18-20,24H,13H2,(H2,26,27,31)/t16-,18-,19-,20-/m1/s1. The predicted molar refractivity (Wildman–Crippen MR) is 133 cm³/mol. The van der Waals surface area contributed by atoms with Crippen molar-refractivity contribution in [2.45, 2.75) is 22.8 Å². The van der Waals surface area contributed by atoms with Gasteiger partial charge in [-0.15, -0.1) is 0 Å². The van der Waals surface area contributed by atoms with Gasteiger partial charge in [0.2, 0.25) is 0 Å². The van der Waals surface area contributed by atoms with E-state index in [1.807, 2.05) is 0 Å². The zero-order chi connectivity index (χ0) is 24.8. The summed E-state index contributed by atoms with van der Waals surface area (Å²) >= 11 is 1.27. The second-order valence-electron chi connectivity index (χ2n) is 7.58. The summed E-state index contributed by atoms with van der Waals surface area (Å²) in [6, 6.07) is 18.5. The number of nitrogens with zero attached hydrogens (tertiary/aromatic N) is 2. The predicted octanol–water partition coefficient (Wildman–Crippen LogP) is 1.34. The number of aromatic nitrogens is 2. The van der Waals surface area contributed by atoms with E-state index in [1.54, 1.807) is 60.7 Å². The zero-order valence-electron chi connectivity index (χ0n) is 18.6. The molecular weight excluding hydrogens is 468 g/mol. The van der Waals surface area contributed by atoms with E-state index in [0.717, 1.165) is 0 Å². The summed E-state index contributed by atoms with van der Waals surface area (Å²) in [5, 5.41) is -1.20. The molecule has 9 nitrogen and oxygen atoms in total. The summed E-state index contributed by atoms with van der Waals surface area (Å²) < 4.78 is 18.4. The number of carbonyl (C=O) groups excluding carboxylic acids is 2. The molecule has 0 spiro atoms. The van der Waals surface area contributed by atoms with Crippen molar-refractivity contribution in [1.82, 2.24) is 9.55 Å². The second kappa shape index (κ2) is 11.2. The summed E-state index contributed by atoms with van der Waals surface area (Å²) in [6.07, 6.45) is -0.202. The van der Waals surface area contributed by atoms with E-state index in [9.17, 15) is 14.4 Å². The molecule has 1 aliphatic rings. The third-order valence-corrected chi connectivity index (χ3v) is 6.83. The van der Waals surface area contributed by atoms with Crippen molar-refractivity contribution in [3.05, 3.63) is 94.5 Å². The molecule has 0 bridgehead atoms. The minimum absolute atomic E-state index is 0.0516. The molecule has 0 radical (unpaired) electrons. The van der Waals surface area contributed by atoms with Gasteiger partial charge in [0.1, 0.15) is 0 Å². The van der Waals surface area contributed by atoms with Gasteiger partial charge in [0.15, 0.2) is 0 Å². The third kappa shape index (κ3) is 5.71. The molecule has 35 heavy (non-hydrogen) atoms. The molecule has 0 unspecified atom stereocenters. The van der Waals surface area contributed by atoms with Crippen molar-refractivity contribution in [1.29, 1.82) is 0 Å². The molecule has 1 saturated heterocycles. The molecule has 2 heterocycles. The van der Waals surface area contributed by atoms with Crippen LogP contribution in [-0.2, 0) is 14.1 Å². The molecule has 1 aromatic heterocycles. The molecular formula is C23H21B2N3O6S. The van der Waals surface area contributed by atoms with Crippen LogP contribution in [0.5, 0.6) is 0 Å². The van der Waals surface area contributed by atoms with Crippen LogP contribution in [0.1, 0.15) is 26.1 Å². The van der Waals surface area contributed by atoms with Gasteiger partial charge < -0.3 is 0 Å². The molecule has 1 fully saturated rings. The first kappa shape index (κ1) is 24.5. The molecule has 0 amide bonds. The molecule has 0 saturated carbocycles. The number of hydrogen-bond donors (Lipinski definition) is 1. The Labute approximate surface area is 206 Å². The van der Waals surface area contributed by atoms with Crippen molar-refractivity contribution >= 4 is 43.9 Å². The van der Waals surface area contributed by atoms with Crippen molar-refractivity contribution in [2.75, 3.05) is 12.3 Å². The molecule has 4 rings (SSSR count).